The normalized spacial score (nSPS) is 17.2. The highest BCUT2D eigenvalue weighted by Gasteiger charge is 2.38. The van der Waals surface area contributed by atoms with E-state index in [2.05, 4.69) is 25.6 Å². The minimum Gasteiger partial charge on any atom is -0.468 e. The van der Waals surface area contributed by atoms with Gasteiger partial charge in [0.15, 0.2) is 17.0 Å². The van der Waals surface area contributed by atoms with Gasteiger partial charge in [-0.2, -0.15) is 0 Å². The van der Waals surface area contributed by atoms with E-state index in [4.69, 9.17) is 14.2 Å². The fourth-order valence-corrected chi connectivity index (χ4v) is 4.42. The van der Waals surface area contributed by atoms with Crippen LogP contribution in [-0.2, 0) is 30.4 Å². The molecule has 0 spiro atoms. The van der Waals surface area contributed by atoms with Crippen LogP contribution in [0.4, 0.5) is 15.4 Å². The summed E-state index contributed by atoms with van der Waals surface area (Å²) in [6.45, 7) is 5.12. The highest BCUT2D eigenvalue weighted by Crippen LogP contribution is 2.30. The fraction of sp³-hybridized carbons (Fsp3) is 0.444. The lowest BCUT2D eigenvalue weighted by Gasteiger charge is -2.39. The quantitative estimate of drug-likeness (QED) is 0.305. The van der Waals surface area contributed by atoms with Crippen LogP contribution in [0.3, 0.4) is 0 Å². The summed E-state index contributed by atoms with van der Waals surface area (Å²) in [5.41, 5.74) is 0.733. The summed E-state index contributed by atoms with van der Waals surface area (Å²) in [5, 5.41) is 5.26. The van der Waals surface area contributed by atoms with E-state index in [0.29, 0.717) is 18.5 Å². The number of likely N-dealkylation sites (tertiary alicyclic amines) is 1. The number of benzene rings is 1. The molecule has 3 aromatic rings. The number of nitrogens with zero attached hydrogens (tertiary/aromatic N) is 5. The molecular weight excluding hydrogens is 534 g/mol. The van der Waals surface area contributed by atoms with Crippen LogP contribution in [0.1, 0.15) is 45.2 Å². The van der Waals surface area contributed by atoms with Gasteiger partial charge >= 0.3 is 18.2 Å². The van der Waals surface area contributed by atoms with Crippen LogP contribution < -0.4 is 10.6 Å². The first-order valence-corrected chi connectivity index (χ1v) is 13.0. The van der Waals surface area contributed by atoms with Crippen LogP contribution in [0.2, 0.25) is 0 Å². The van der Waals surface area contributed by atoms with Gasteiger partial charge in [-0.1, -0.05) is 30.3 Å². The van der Waals surface area contributed by atoms with E-state index < -0.39 is 35.8 Å². The number of piperidine rings is 1. The van der Waals surface area contributed by atoms with Gasteiger partial charge in [-0.15, -0.1) is 0 Å². The first-order chi connectivity index (χ1) is 19.6. The number of aromatic nitrogens is 4. The first kappa shape index (κ1) is 29.2. The van der Waals surface area contributed by atoms with Crippen LogP contribution >= 0.6 is 0 Å². The number of amides is 3. The lowest BCUT2D eigenvalue weighted by Crippen LogP contribution is -2.54. The second-order valence-electron chi connectivity index (χ2n) is 10.4. The summed E-state index contributed by atoms with van der Waals surface area (Å²) in [7, 11) is 1.24. The number of carbonyl (C=O) groups excluding carboxylic acids is 4. The third kappa shape index (κ3) is 7.47. The standard InChI is InChI=1S/C27H33N7O7/c1-27(2,3)41-25(37)28-12-18-10-11-19(24(36)33(18)13-20(35)39-4)34-16-31-21-22(29-15-30-23(21)34)32-26(38)40-14-17-8-6-5-7-9-17/h5-9,15-16,18-19H,10-14H2,1-4H3,(H,28,37)(H,29,30,32,38)/t18-,19+/m1/s1. The molecule has 14 nitrogen and oxygen atoms in total. The summed E-state index contributed by atoms with van der Waals surface area (Å²) < 4.78 is 16.9. The van der Waals surface area contributed by atoms with E-state index in [0.717, 1.165) is 5.56 Å². The Bertz CT molecular complexity index is 1400. The van der Waals surface area contributed by atoms with Crippen molar-refractivity contribution in [3.05, 3.63) is 48.5 Å². The summed E-state index contributed by atoms with van der Waals surface area (Å²) in [5.74, 6) is -0.840. The van der Waals surface area contributed by atoms with Crippen LogP contribution in [0.5, 0.6) is 0 Å². The smallest absolute Gasteiger partial charge is 0.413 e. The van der Waals surface area contributed by atoms with E-state index in [9.17, 15) is 19.2 Å². The first-order valence-electron chi connectivity index (χ1n) is 13.0. The molecule has 1 saturated heterocycles. The highest BCUT2D eigenvalue weighted by atomic mass is 16.6. The number of imidazole rings is 1. The number of methoxy groups -OCH3 is 1. The van der Waals surface area contributed by atoms with Crippen molar-refractivity contribution in [3.63, 3.8) is 0 Å². The number of fused-ring (bicyclic) bond motifs is 1. The molecule has 0 saturated carbocycles. The largest absolute Gasteiger partial charge is 0.468 e. The minimum atomic E-state index is -0.741. The fourth-order valence-electron chi connectivity index (χ4n) is 4.42. The summed E-state index contributed by atoms with van der Waals surface area (Å²) in [4.78, 5) is 64.6. The molecule has 1 fully saturated rings. The summed E-state index contributed by atoms with van der Waals surface area (Å²) >= 11 is 0. The molecule has 4 rings (SSSR count). The molecule has 218 valence electrons. The topological polar surface area (TPSA) is 167 Å². The van der Waals surface area contributed by atoms with Crippen molar-refractivity contribution in [3.8, 4) is 0 Å². The van der Waals surface area contributed by atoms with Gasteiger partial charge < -0.3 is 29.0 Å². The zero-order valence-electron chi connectivity index (χ0n) is 23.3. The zero-order chi connectivity index (χ0) is 29.6. The van der Waals surface area contributed by atoms with Gasteiger partial charge in [0.25, 0.3) is 0 Å². The molecular formula is C27H33N7O7. The van der Waals surface area contributed by atoms with Gasteiger partial charge in [0.05, 0.1) is 13.4 Å². The Morgan fingerprint density at radius 3 is 2.51 bits per heavy atom. The zero-order valence-corrected chi connectivity index (χ0v) is 23.3. The second-order valence-corrected chi connectivity index (χ2v) is 10.4. The van der Waals surface area contributed by atoms with Crippen molar-refractivity contribution in [2.45, 2.75) is 57.9 Å². The maximum atomic E-state index is 13.7. The van der Waals surface area contributed by atoms with E-state index in [1.165, 1.54) is 24.7 Å². The number of carbonyl (C=O) groups is 4. The number of rotatable bonds is 8. The lowest BCUT2D eigenvalue weighted by molar-refractivity contribution is -0.152. The monoisotopic (exact) mass is 567 g/mol. The van der Waals surface area contributed by atoms with Crippen molar-refractivity contribution >= 4 is 41.0 Å². The predicted molar refractivity (Wildman–Crippen MR) is 146 cm³/mol. The minimum absolute atomic E-state index is 0.0753. The molecule has 1 aromatic carbocycles. The Labute approximate surface area is 236 Å². The van der Waals surface area contributed by atoms with Crippen LogP contribution in [0, 0.1) is 0 Å². The Morgan fingerprint density at radius 1 is 1.05 bits per heavy atom. The van der Waals surface area contributed by atoms with Crippen molar-refractivity contribution in [2.75, 3.05) is 25.5 Å². The van der Waals surface area contributed by atoms with Gasteiger partial charge in [0.1, 0.15) is 31.1 Å². The highest BCUT2D eigenvalue weighted by molar-refractivity contribution is 5.94. The number of nitrogens with one attached hydrogen (secondary N) is 2. The van der Waals surface area contributed by atoms with Gasteiger partial charge in [-0.25, -0.2) is 24.5 Å². The van der Waals surface area contributed by atoms with Crippen LogP contribution in [-0.4, -0.2) is 80.3 Å². The van der Waals surface area contributed by atoms with Crippen molar-refractivity contribution in [1.29, 1.82) is 0 Å². The van der Waals surface area contributed by atoms with Crippen LogP contribution in [0.15, 0.2) is 43.0 Å². The maximum absolute atomic E-state index is 13.7. The number of alkyl carbamates (subject to hydrolysis) is 1. The van der Waals surface area contributed by atoms with Gasteiger partial charge in [0.2, 0.25) is 5.91 Å². The Hall–Kier alpha value is -4.75. The van der Waals surface area contributed by atoms with E-state index in [1.54, 1.807) is 25.3 Å². The Kier molecular flexibility index (Phi) is 9.00. The number of hydrogen-bond donors (Lipinski definition) is 2. The predicted octanol–water partition coefficient (Wildman–Crippen LogP) is 2.80. The third-order valence-electron chi connectivity index (χ3n) is 6.32. The lowest BCUT2D eigenvalue weighted by atomic mass is 9.97. The van der Waals surface area contributed by atoms with E-state index >= 15 is 0 Å². The number of anilines is 1. The molecule has 14 heteroatoms. The van der Waals surface area contributed by atoms with E-state index in [1.807, 2.05) is 30.3 Å². The Morgan fingerprint density at radius 2 is 1.80 bits per heavy atom. The molecule has 0 aliphatic carbocycles. The Balaban J connectivity index is 1.48. The van der Waals surface area contributed by atoms with Crippen LogP contribution in [0.25, 0.3) is 11.2 Å². The second kappa shape index (κ2) is 12.6. The van der Waals surface area contributed by atoms with Gasteiger partial charge in [-0.05, 0) is 39.2 Å². The SMILES string of the molecule is COC(=O)CN1C(=O)[C@@H](n2cnc3c(NC(=O)OCc4ccccc4)ncnc32)CC[C@@H]1CNC(=O)OC(C)(C)C. The number of hydrogen-bond acceptors (Lipinski definition) is 10. The third-order valence-corrected chi connectivity index (χ3v) is 6.32. The summed E-state index contributed by atoms with van der Waals surface area (Å²) in [6.07, 6.45) is 2.20. The maximum Gasteiger partial charge on any atom is 0.413 e. The molecule has 0 bridgehead atoms. The summed E-state index contributed by atoms with van der Waals surface area (Å²) in [6, 6.07) is 8.01. The average molecular weight is 568 g/mol. The van der Waals surface area contributed by atoms with Gasteiger partial charge in [-0.3, -0.25) is 14.9 Å². The van der Waals surface area contributed by atoms with Crippen molar-refractivity contribution in [1.82, 2.24) is 29.7 Å². The molecule has 0 radical (unpaired) electrons. The molecule has 2 aromatic heterocycles. The molecule has 41 heavy (non-hydrogen) atoms. The molecule has 1 aliphatic rings. The number of esters is 1. The molecule has 3 amide bonds. The van der Waals surface area contributed by atoms with Crippen molar-refractivity contribution < 1.29 is 33.4 Å². The van der Waals surface area contributed by atoms with E-state index in [-0.39, 0.29) is 36.9 Å². The molecule has 0 unspecified atom stereocenters. The van der Waals surface area contributed by atoms with Crippen molar-refractivity contribution in [2.24, 2.45) is 0 Å². The van der Waals surface area contributed by atoms with Gasteiger partial charge in [0, 0.05) is 12.6 Å². The molecule has 3 heterocycles. The molecule has 2 N–H and O–H groups in total. The molecule has 1 aliphatic heterocycles. The average Bonchev–Trinajstić information content (AvgIpc) is 3.36. The molecule has 2 atom stereocenters. The number of ether oxygens (including phenoxy) is 3.